The van der Waals surface area contributed by atoms with Crippen LogP contribution in [0, 0.1) is 23.7 Å². The van der Waals surface area contributed by atoms with Gasteiger partial charge in [-0.3, -0.25) is 0 Å². The summed E-state index contributed by atoms with van der Waals surface area (Å²) >= 11 is 0. The molecule has 0 amide bonds. The van der Waals surface area contributed by atoms with Crippen molar-refractivity contribution in [3.05, 3.63) is 0 Å². The van der Waals surface area contributed by atoms with Crippen molar-refractivity contribution in [1.29, 1.82) is 0 Å². The zero-order chi connectivity index (χ0) is 13.0. The first-order chi connectivity index (χ1) is 8.69. The molecule has 3 atom stereocenters. The van der Waals surface area contributed by atoms with Gasteiger partial charge in [-0.15, -0.1) is 0 Å². The van der Waals surface area contributed by atoms with Crippen molar-refractivity contribution >= 4 is 0 Å². The lowest BCUT2D eigenvalue weighted by atomic mass is 9.72. The van der Waals surface area contributed by atoms with Crippen LogP contribution in [0.1, 0.15) is 71.6 Å². The van der Waals surface area contributed by atoms with Crippen LogP contribution in [0.5, 0.6) is 0 Å². The third-order valence-corrected chi connectivity index (χ3v) is 5.52. The monoisotopic (exact) mass is 251 g/mol. The molecule has 0 aliphatic heterocycles. The van der Waals surface area contributed by atoms with E-state index in [1.807, 2.05) is 0 Å². The Morgan fingerprint density at radius 1 is 1.00 bits per heavy atom. The van der Waals surface area contributed by atoms with Gasteiger partial charge in [0.05, 0.1) is 0 Å². The van der Waals surface area contributed by atoms with Crippen molar-refractivity contribution in [2.75, 3.05) is 7.05 Å². The molecule has 0 spiro atoms. The van der Waals surface area contributed by atoms with Crippen LogP contribution < -0.4 is 5.32 Å². The summed E-state index contributed by atoms with van der Waals surface area (Å²) in [4.78, 5) is 0. The van der Waals surface area contributed by atoms with E-state index in [0.717, 1.165) is 29.7 Å². The molecule has 0 heterocycles. The Morgan fingerprint density at radius 3 is 2.17 bits per heavy atom. The van der Waals surface area contributed by atoms with Crippen LogP contribution in [0.3, 0.4) is 0 Å². The van der Waals surface area contributed by atoms with Crippen molar-refractivity contribution in [3.63, 3.8) is 0 Å². The lowest BCUT2D eigenvalue weighted by Gasteiger charge is -2.37. The summed E-state index contributed by atoms with van der Waals surface area (Å²) in [5.74, 6) is 3.89. The minimum atomic E-state index is 0.788. The Morgan fingerprint density at radius 2 is 1.61 bits per heavy atom. The highest BCUT2D eigenvalue weighted by atomic mass is 14.9. The maximum absolute atomic E-state index is 3.64. The van der Waals surface area contributed by atoms with Crippen LogP contribution in [-0.4, -0.2) is 13.1 Å². The highest BCUT2D eigenvalue weighted by Gasteiger charge is 2.29. The molecule has 0 bridgehead atoms. The van der Waals surface area contributed by atoms with Crippen molar-refractivity contribution in [2.24, 2.45) is 23.7 Å². The molecule has 1 N–H and O–H groups in total. The maximum atomic E-state index is 3.64. The van der Waals surface area contributed by atoms with Crippen LogP contribution in [-0.2, 0) is 0 Å². The molecule has 0 aromatic carbocycles. The zero-order valence-corrected chi connectivity index (χ0v) is 12.8. The van der Waals surface area contributed by atoms with Crippen LogP contribution in [0.2, 0.25) is 0 Å². The molecule has 18 heavy (non-hydrogen) atoms. The van der Waals surface area contributed by atoms with E-state index in [1.54, 1.807) is 0 Å². The smallest absolute Gasteiger partial charge is 0.00926 e. The average Bonchev–Trinajstić information content (AvgIpc) is 2.81. The average molecular weight is 251 g/mol. The Hall–Kier alpha value is -0.0400. The third-order valence-electron chi connectivity index (χ3n) is 5.52. The first-order valence-corrected chi connectivity index (χ1v) is 8.36. The van der Waals surface area contributed by atoms with Crippen LogP contribution >= 0.6 is 0 Å². The van der Waals surface area contributed by atoms with Crippen LogP contribution in [0.25, 0.3) is 0 Å². The molecule has 1 nitrogen and oxygen atoms in total. The maximum Gasteiger partial charge on any atom is 0.00926 e. The van der Waals surface area contributed by atoms with E-state index in [1.165, 1.54) is 57.8 Å². The summed E-state index contributed by atoms with van der Waals surface area (Å²) in [7, 11) is 2.18. The van der Waals surface area contributed by atoms with Gasteiger partial charge in [-0.25, -0.2) is 0 Å². The fourth-order valence-corrected chi connectivity index (χ4v) is 4.67. The summed E-state index contributed by atoms with van der Waals surface area (Å²) in [6.45, 7) is 4.90. The fourth-order valence-electron chi connectivity index (χ4n) is 4.67. The highest BCUT2D eigenvalue weighted by molar-refractivity contribution is 4.84. The molecule has 0 radical (unpaired) electrons. The van der Waals surface area contributed by atoms with Gasteiger partial charge in [0.25, 0.3) is 0 Å². The van der Waals surface area contributed by atoms with Gasteiger partial charge in [-0.05, 0) is 62.8 Å². The van der Waals surface area contributed by atoms with Crippen LogP contribution in [0.4, 0.5) is 0 Å². The topological polar surface area (TPSA) is 12.0 Å². The number of nitrogens with one attached hydrogen (secondary N) is 1. The van der Waals surface area contributed by atoms with Gasteiger partial charge in [-0.2, -0.15) is 0 Å². The Bertz CT molecular complexity index is 222. The summed E-state index contributed by atoms with van der Waals surface area (Å²) in [5, 5.41) is 3.64. The fraction of sp³-hybridized carbons (Fsp3) is 1.00. The van der Waals surface area contributed by atoms with Gasteiger partial charge < -0.3 is 5.32 Å². The normalized spacial score (nSPS) is 35.8. The largest absolute Gasteiger partial charge is 0.317 e. The second-order valence-corrected chi connectivity index (χ2v) is 7.30. The van der Waals surface area contributed by atoms with Crippen molar-refractivity contribution < 1.29 is 0 Å². The van der Waals surface area contributed by atoms with Crippen molar-refractivity contribution in [3.8, 4) is 0 Å². The van der Waals surface area contributed by atoms with Gasteiger partial charge in [0.1, 0.15) is 0 Å². The predicted octanol–water partition coefficient (Wildman–Crippen LogP) is 4.62. The lowest BCUT2D eigenvalue weighted by Crippen LogP contribution is -2.38. The first kappa shape index (κ1) is 14.4. The Balaban J connectivity index is 1.79. The molecule has 1 heteroatoms. The minimum Gasteiger partial charge on any atom is -0.317 e. The van der Waals surface area contributed by atoms with E-state index < -0.39 is 0 Å². The van der Waals surface area contributed by atoms with E-state index >= 15 is 0 Å². The molecule has 2 aliphatic rings. The SMILES string of the molecule is CNC(CCC1CCCC1)C1CC(C)CC(C)C1. The van der Waals surface area contributed by atoms with Crippen molar-refractivity contribution in [1.82, 2.24) is 5.32 Å². The third kappa shape index (κ3) is 3.98. The molecule has 2 rings (SSSR count). The Kier molecular flexibility index (Phi) is 5.54. The second kappa shape index (κ2) is 6.93. The summed E-state index contributed by atoms with van der Waals surface area (Å²) in [6.07, 6.45) is 13.3. The second-order valence-electron chi connectivity index (χ2n) is 7.30. The van der Waals surface area contributed by atoms with Gasteiger partial charge in [0.15, 0.2) is 0 Å². The molecule has 3 unspecified atom stereocenters. The summed E-state index contributed by atoms with van der Waals surface area (Å²) < 4.78 is 0. The van der Waals surface area contributed by atoms with Gasteiger partial charge >= 0.3 is 0 Å². The first-order valence-electron chi connectivity index (χ1n) is 8.36. The number of hydrogen-bond donors (Lipinski definition) is 1. The summed E-state index contributed by atoms with van der Waals surface area (Å²) in [6, 6.07) is 0.788. The molecule has 2 aliphatic carbocycles. The van der Waals surface area contributed by atoms with Crippen molar-refractivity contribution in [2.45, 2.75) is 77.7 Å². The zero-order valence-electron chi connectivity index (χ0n) is 12.8. The highest BCUT2D eigenvalue weighted by Crippen LogP contribution is 2.37. The van der Waals surface area contributed by atoms with Gasteiger partial charge in [0, 0.05) is 6.04 Å². The van der Waals surface area contributed by atoms with E-state index in [4.69, 9.17) is 0 Å². The van der Waals surface area contributed by atoms with Gasteiger partial charge in [0.2, 0.25) is 0 Å². The van der Waals surface area contributed by atoms with E-state index in [2.05, 4.69) is 26.2 Å². The summed E-state index contributed by atoms with van der Waals surface area (Å²) in [5.41, 5.74) is 0. The molecule has 106 valence electrons. The van der Waals surface area contributed by atoms with E-state index in [-0.39, 0.29) is 0 Å². The van der Waals surface area contributed by atoms with E-state index in [0.29, 0.717) is 0 Å². The quantitative estimate of drug-likeness (QED) is 0.752. The van der Waals surface area contributed by atoms with Crippen LogP contribution in [0.15, 0.2) is 0 Å². The standard InChI is InChI=1S/C17H33N/c1-13-10-14(2)12-16(11-13)17(18-3)9-8-15-6-4-5-7-15/h13-18H,4-12H2,1-3H3. The molecule has 0 aromatic heterocycles. The predicted molar refractivity (Wildman–Crippen MR) is 79.7 cm³/mol. The minimum absolute atomic E-state index is 0.788. The molecular formula is C17H33N. The molecular weight excluding hydrogens is 218 g/mol. The Labute approximate surface area is 114 Å². The van der Waals surface area contributed by atoms with Gasteiger partial charge in [-0.1, -0.05) is 39.5 Å². The molecule has 0 saturated heterocycles. The number of rotatable bonds is 5. The lowest BCUT2D eigenvalue weighted by molar-refractivity contribution is 0.170. The van der Waals surface area contributed by atoms with E-state index in [9.17, 15) is 0 Å². The molecule has 2 fully saturated rings. The number of hydrogen-bond acceptors (Lipinski definition) is 1. The molecule has 2 saturated carbocycles. The molecule has 0 aromatic rings.